The first kappa shape index (κ1) is 21.7. The van der Waals surface area contributed by atoms with Crippen LogP contribution in [0.2, 0.25) is 0 Å². The molecule has 2 N–H and O–H groups in total. The number of carbonyl (C=O) groups excluding carboxylic acids is 2. The summed E-state index contributed by atoms with van der Waals surface area (Å²) in [6.45, 7) is 4.45. The van der Waals surface area contributed by atoms with Crippen molar-refractivity contribution in [1.82, 2.24) is 24.7 Å². The molecule has 0 radical (unpaired) electrons. The molecular weight excluding hydrogens is 398 g/mol. The molecule has 2 amide bonds. The van der Waals surface area contributed by atoms with E-state index in [9.17, 15) is 14.4 Å². The molecule has 3 heterocycles. The number of para-hydroxylation sites is 1. The van der Waals surface area contributed by atoms with Gasteiger partial charge in [-0.25, -0.2) is 4.79 Å². The zero-order valence-corrected chi connectivity index (χ0v) is 18.2. The molecule has 2 aliphatic rings. The number of nitrogens with zero attached hydrogens (tertiary/aromatic N) is 3. The molecule has 1 unspecified atom stereocenters. The van der Waals surface area contributed by atoms with Crippen molar-refractivity contribution in [2.24, 2.45) is 7.05 Å². The highest BCUT2D eigenvalue weighted by atomic mass is 16.5. The number of imidazole rings is 1. The molecule has 2 aromatic rings. The number of nitrogens with one attached hydrogen (secondary N) is 2. The second-order valence-corrected chi connectivity index (χ2v) is 8.42. The van der Waals surface area contributed by atoms with Gasteiger partial charge in [-0.1, -0.05) is 12.1 Å². The van der Waals surface area contributed by atoms with Crippen molar-refractivity contribution in [1.29, 1.82) is 0 Å². The molecule has 0 aliphatic carbocycles. The topological polar surface area (TPSA) is 97.6 Å². The van der Waals surface area contributed by atoms with Crippen LogP contribution in [0.1, 0.15) is 30.9 Å². The normalized spacial score (nSPS) is 22.8. The Kier molecular flexibility index (Phi) is 6.54. The minimum Gasteiger partial charge on any atom is -0.374 e. The third-order valence-electron chi connectivity index (χ3n) is 6.28. The highest BCUT2D eigenvalue weighted by Gasteiger charge is 2.31. The maximum Gasteiger partial charge on any atom is 0.329 e. The van der Waals surface area contributed by atoms with Crippen molar-refractivity contribution in [3.63, 3.8) is 0 Å². The zero-order chi connectivity index (χ0) is 22.0. The van der Waals surface area contributed by atoms with Crippen molar-refractivity contribution in [3.8, 4) is 0 Å². The van der Waals surface area contributed by atoms with Gasteiger partial charge in [-0.15, -0.1) is 0 Å². The predicted octanol–water partition coefficient (Wildman–Crippen LogP) is 0.171. The van der Waals surface area contributed by atoms with Gasteiger partial charge in [-0.05, 0) is 44.5 Å². The summed E-state index contributed by atoms with van der Waals surface area (Å²) in [4.78, 5) is 39.4. The van der Waals surface area contributed by atoms with E-state index in [1.54, 1.807) is 16.2 Å². The van der Waals surface area contributed by atoms with E-state index in [1.165, 1.54) is 0 Å². The number of aromatic nitrogens is 2. The lowest BCUT2D eigenvalue weighted by atomic mass is 10.0. The Morgan fingerprint density at radius 3 is 2.87 bits per heavy atom. The molecule has 2 saturated heterocycles. The van der Waals surface area contributed by atoms with E-state index >= 15 is 0 Å². The van der Waals surface area contributed by atoms with Gasteiger partial charge in [0.25, 0.3) is 0 Å². The number of morpholine rings is 1. The number of likely N-dealkylation sites (N-methyl/N-ethyl adjacent to an activating group) is 1. The fraction of sp³-hybridized carbons (Fsp3) is 0.591. The number of rotatable bonds is 7. The zero-order valence-electron chi connectivity index (χ0n) is 18.2. The summed E-state index contributed by atoms with van der Waals surface area (Å²) in [5.74, 6) is -0.685. The largest absolute Gasteiger partial charge is 0.374 e. The van der Waals surface area contributed by atoms with Crippen LogP contribution in [-0.2, 0) is 27.8 Å². The van der Waals surface area contributed by atoms with Crippen molar-refractivity contribution in [2.45, 2.75) is 37.8 Å². The quantitative estimate of drug-likeness (QED) is 0.609. The van der Waals surface area contributed by atoms with Gasteiger partial charge in [-0.2, -0.15) is 0 Å². The first-order valence-corrected chi connectivity index (χ1v) is 11.0. The van der Waals surface area contributed by atoms with Gasteiger partial charge < -0.3 is 10.1 Å². The molecule has 4 rings (SSSR count). The minimum atomic E-state index is -0.651. The van der Waals surface area contributed by atoms with Crippen LogP contribution >= 0.6 is 0 Å². The number of fused-ring (bicyclic) bond motifs is 1. The highest BCUT2D eigenvalue weighted by Crippen LogP contribution is 2.25. The van der Waals surface area contributed by atoms with Gasteiger partial charge in [0.05, 0.1) is 23.7 Å². The van der Waals surface area contributed by atoms with Crippen LogP contribution in [-0.4, -0.2) is 71.8 Å². The summed E-state index contributed by atoms with van der Waals surface area (Å²) >= 11 is 0. The van der Waals surface area contributed by atoms with Crippen LogP contribution in [0.4, 0.5) is 0 Å². The maximum absolute atomic E-state index is 13.0. The fourth-order valence-electron chi connectivity index (χ4n) is 4.78. The number of hydrogen-bond acceptors (Lipinski definition) is 6. The van der Waals surface area contributed by atoms with E-state index < -0.39 is 11.9 Å². The van der Waals surface area contributed by atoms with Gasteiger partial charge in [0.2, 0.25) is 11.8 Å². The second kappa shape index (κ2) is 9.33. The number of amides is 2. The number of imide groups is 1. The van der Waals surface area contributed by atoms with Gasteiger partial charge in [0, 0.05) is 33.1 Å². The van der Waals surface area contributed by atoms with Crippen LogP contribution in [0.25, 0.3) is 11.0 Å². The van der Waals surface area contributed by atoms with Crippen molar-refractivity contribution < 1.29 is 14.3 Å². The molecular formula is C22H31N5O4. The van der Waals surface area contributed by atoms with Crippen molar-refractivity contribution in [3.05, 3.63) is 34.2 Å². The lowest BCUT2D eigenvalue weighted by molar-refractivity contribution is -0.135. The van der Waals surface area contributed by atoms with E-state index in [4.69, 9.17) is 4.74 Å². The first-order valence-electron chi connectivity index (χ1n) is 11.0. The van der Waals surface area contributed by atoms with E-state index in [-0.39, 0.29) is 24.1 Å². The monoisotopic (exact) mass is 429 g/mol. The Labute approximate surface area is 181 Å². The van der Waals surface area contributed by atoms with Crippen molar-refractivity contribution in [2.75, 3.05) is 39.8 Å². The molecule has 9 heteroatoms. The Balaban J connectivity index is 1.51. The number of benzene rings is 1. The summed E-state index contributed by atoms with van der Waals surface area (Å²) in [5.41, 5.74) is 2.50. The van der Waals surface area contributed by atoms with E-state index in [0.29, 0.717) is 6.42 Å². The van der Waals surface area contributed by atoms with E-state index in [2.05, 4.69) is 21.6 Å². The van der Waals surface area contributed by atoms with Crippen LogP contribution in [0.5, 0.6) is 0 Å². The Morgan fingerprint density at radius 1 is 1.26 bits per heavy atom. The number of ether oxygens (including phenoxy) is 1. The molecule has 0 bridgehead atoms. The van der Waals surface area contributed by atoms with Gasteiger partial charge in [0.1, 0.15) is 6.04 Å². The molecule has 168 valence electrons. The third kappa shape index (κ3) is 4.44. The first-order chi connectivity index (χ1) is 15.0. The second-order valence-electron chi connectivity index (χ2n) is 8.42. The van der Waals surface area contributed by atoms with Crippen LogP contribution in [0.3, 0.4) is 0 Å². The molecule has 1 aromatic carbocycles. The SMILES string of the molecule is CNC[C@H]1CN(CCCc2cccc3c2n(C)c(=O)n3C2CCC(=O)NC2=O)CCO1. The highest BCUT2D eigenvalue weighted by molar-refractivity contribution is 6.00. The maximum atomic E-state index is 13.0. The molecule has 0 spiro atoms. The molecule has 31 heavy (non-hydrogen) atoms. The Hall–Kier alpha value is -2.49. The average Bonchev–Trinajstić information content (AvgIpc) is 3.00. The molecule has 2 fully saturated rings. The molecule has 0 saturated carbocycles. The summed E-state index contributed by atoms with van der Waals surface area (Å²) in [6, 6.07) is 5.23. The van der Waals surface area contributed by atoms with Gasteiger partial charge in [-0.3, -0.25) is 28.9 Å². The smallest absolute Gasteiger partial charge is 0.329 e. The van der Waals surface area contributed by atoms with Crippen LogP contribution < -0.4 is 16.3 Å². The van der Waals surface area contributed by atoms with Gasteiger partial charge >= 0.3 is 5.69 Å². The average molecular weight is 430 g/mol. The molecule has 9 nitrogen and oxygen atoms in total. The van der Waals surface area contributed by atoms with Gasteiger partial charge in [0.15, 0.2) is 0 Å². The summed E-state index contributed by atoms with van der Waals surface area (Å²) in [6.07, 6.45) is 2.64. The standard InChI is InChI=1S/C22H31N5O4/c1-23-13-16-14-26(11-12-31-16)10-4-6-15-5-3-7-17-20(15)25(2)22(30)27(17)18-8-9-19(28)24-21(18)29/h3,5,7,16,18,23H,4,6,8-14H2,1-2H3,(H,24,28,29)/t16-,18?/m0/s1. The Bertz CT molecular complexity index is 1020. The minimum absolute atomic E-state index is 0.222. The molecule has 2 aliphatic heterocycles. The number of hydrogen-bond donors (Lipinski definition) is 2. The summed E-state index contributed by atoms with van der Waals surface area (Å²) in [5, 5.41) is 5.53. The lowest BCUT2D eigenvalue weighted by Gasteiger charge is -2.32. The van der Waals surface area contributed by atoms with E-state index in [0.717, 1.165) is 62.2 Å². The van der Waals surface area contributed by atoms with Crippen molar-refractivity contribution >= 4 is 22.8 Å². The number of carbonyl (C=O) groups is 2. The summed E-state index contributed by atoms with van der Waals surface area (Å²) < 4.78 is 8.95. The Morgan fingerprint density at radius 2 is 2.10 bits per heavy atom. The lowest BCUT2D eigenvalue weighted by Crippen LogP contribution is -2.46. The van der Waals surface area contributed by atoms with Crippen LogP contribution in [0, 0.1) is 0 Å². The summed E-state index contributed by atoms with van der Waals surface area (Å²) in [7, 11) is 3.69. The number of aryl methyl sites for hydroxylation is 2. The molecule has 1 aromatic heterocycles. The third-order valence-corrected chi connectivity index (χ3v) is 6.28. The molecule has 2 atom stereocenters. The van der Waals surface area contributed by atoms with Crippen LogP contribution in [0.15, 0.2) is 23.0 Å². The van der Waals surface area contributed by atoms with E-state index in [1.807, 2.05) is 19.2 Å². The number of piperidine rings is 1. The fourth-order valence-corrected chi connectivity index (χ4v) is 4.78. The predicted molar refractivity (Wildman–Crippen MR) is 117 cm³/mol.